The second kappa shape index (κ2) is 5.60. The van der Waals surface area contributed by atoms with E-state index in [1.807, 2.05) is 23.5 Å². The van der Waals surface area contributed by atoms with Crippen molar-refractivity contribution in [3.05, 3.63) is 34.2 Å². The van der Waals surface area contributed by atoms with Gasteiger partial charge in [-0.15, -0.1) is 11.3 Å². The molecule has 1 nitrogen and oxygen atoms in total. The first-order chi connectivity index (χ1) is 8.83. The van der Waals surface area contributed by atoms with E-state index in [4.69, 9.17) is 11.6 Å². The predicted octanol–water partition coefficient (Wildman–Crippen LogP) is 4.93. The van der Waals surface area contributed by atoms with Crippen molar-refractivity contribution in [3.8, 4) is 0 Å². The molecule has 1 fully saturated rings. The fourth-order valence-corrected chi connectivity index (χ4v) is 4.09. The molecule has 3 heteroatoms. The van der Waals surface area contributed by atoms with Gasteiger partial charge in [-0.1, -0.05) is 30.5 Å². The number of rotatable bonds is 2. The summed E-state index contributed by atoms with van der Waals surface area (Å²) in [6, 6.07) is 8.45. The van der Waals surface area contributed by atoms with Gasteiger partial charge in [0.1, 0.15) is 0 Å². The van der Waals surface area contributed by atoms with Crippen LogP contribution in [0, 0.1) is 0 Å². The van der Waals surface area contributed by atoms with Crippen LogP contribution >= 0.6 is 22.9 Å². The SMILES string of the molecule is Clc1cccc2sc(CN3CCCCCC3)cc12. The Morgan fingerprint density at radius 2 is 1.89 bits per heavy atom. The van der Waals surface area contributed by atoms with Gasteiger partial charge in [0.25, 0.3) is 0 Å². The van der Waals surface area contributed by atoms with Crippen molar-refractivity contribution >= 4 is 33.0 Å². The Hall–Kier alpha value is -0.570. The maximum Gasteiger partial charge on any atom is 0.0492 e. The number of halogens is 1. The van der Waals surface area contributed by atoms with E-state index in [-0.39, 0.29) is 0 Å². The first-order valence-electron chi connectivity index (χ1n) is 6.72. The highest BCUT2D eigenvalue weighted by Gasteiger charge is 2.11. The van der Waals surface area contributed by atoms with E-state index in [0.29, 0.717) is 0 Å². The van der Waals surface area contributed by atoms with E-state index in [1.165, 1.54) is 53.7 Å². The van der Waals surface area contributed by atoms with Crippen LogP contribution in [0.1, 0.15) is 30.6 Å². The molecule has 0 aliphatic carbocycles. The van der Waals surface area contributed by atoms with Gasteiger partial charge in [-0.3, -0.25) is 4.90 Å². The zero-order valence-corrected chi connectivity index (χ0v) is 12.1. The molecule has 2 aromatic rings. The molecule has 96 valence electrons. The normalized spacial score (nSPS) is 18.1. The van der Waals surface area contributed by atoms with Crippen molar-refractivity contribution in [1.29, 1.82) is 0 Å². The van der Waals surface area contributed by atoms with Gasteiger partial charge in [0.2, 0.25) is 0 Å². The summed E-state index contributed by atoms with van der Waals surface area (Å²) in [5, 5.41) is 2.10. The van der Waals surface area contributed by atoms with E-state index in [1.54, 1.807) is 0 Å². The molecule has 1 aliphatic heterocycles. The molecule has 1 saturated heterocycles. The van der Waals surface area contributed by atoms with Gasteiger partial charge in [0.05, 0.1) is 0 Å². The quantitative estimate of drug-likeness (QED) is 0.753. The molecule has 0 amide bonds. The summed E-state index contributed by atoms with van der Waals surface area (Å²) in [6.07, 6.45) is 5.50. The fraction of sp³-hybridized carbons (Fsp3) is 0.467. The molecule has 0 bridgehead atoms. The lowest BCUT2D eigenvalue weighted by molar-refractivity contribution is 0.279. The molecule has 0 radical (unpaired) electrons. The van der Waals surface area contributed by atoms with Crippen molar-refractivity contribution < 1.29 is 0 Å². The van der Waals surface area contributed by atoms with Crippen LogP contribution in [0.15, 0.2) is 24.3 Å². The summed E-state index contributed by atoms with van der Waals surface area (Å²) in [4.78, 5) is 4.03. The van der Waals surface area contributed by atoms with E-state index in [9.17, 15) is 0 Å². The summed E-state index contributed by atoms with van der Waals surface area (Å²) in [7, 11) is 0. The van der Waals surface area contributed by atoms with E-state index in [0.717, 1.165) is 11.6 Å². The fourth-order valence-electron chi connectivity index (χ4n) is 2.67. The predicted molar refractivity (Wildman–Crippen MR) is 80.6 cm³/mol. The Kier molecular flexibility index (Phi) is 3.88. The highest BCUT2D eigenvalue weighted by Crippen LogP contribution is 2.31. The average Bonchev–Trinajstić information content (AvgIpc) is 2.60. The molecular formula is C15H18ClNS. The number of nitrogens with zero attached hydrogens (tertiary/aromatic N) is 1. The molecule has 18 heavy (non-hydrogen) atoms. The Morgan fingerprint density at radius 3 is 2.61 bits per heavy atom. The first kappa shape index (κ1) is 12.5. The summed E-state index contributed by atoms with van der Waals surface area (Å²) in [6.45, 7) is 3.60. The minimum atomic E-state index is 0.880. The number of hydrogen-bond donors (Lipinski definition) is 0. The van der Waals surface area contributed by atoms with Crippen molar-refractivity contribution in [2.24, 2.45) is 0 Å². The van der Waals surface area contributed by atoms with E-state index in [2.05, 4.69) is 17.0 Å². The standard InChI is InChI=1S/C15H18ClNS/c16-14-6-5-7-15-13(14)10-12(18-15)11-17-8-3-1-2-4-9-17/h5-7,10H,1-4,8-9,11H2. The maximum absolute atomic E-state index is 6.23. The Bertz CT molecular complexity index is 526. The molecule has 1 aliphatic rings. The lowest BCUT2D eigenvalue weighted by atomic mass is 10.2. The lowest BCUT2D eigenvalue weighted by Crippen LogP contribution is -2.23. The van der Waals surface area contributed by atoms with Gasteiger partial charge < -0.3 is 0 Å². The summed E-state index contributed by atoms with van der Waals surface area (Å²) < 4.78 is 1.31. The smallest absolute Gasteiger partial charge is 0.0492 e. The minimum absolute atomic E-state index is 0.880. The minimum Gasteiger partial charge on any atom is -0.298 e. The topological polar surface area (TPSA) is 3.24 Å². The second-order valence-electron chi connectivity index (χ2n) is 5.05. The van der Waals surface area contributed by atoms with Gasteiger partial charge in [0.15, 0.2) is 0 Å². The molecule has 0 spiro atoms. The molecule has 0 unspecified atom stereocenters. The van der Waals surface area contributed by atoms with Crippen LogP contribution in [-0.4, -0.2) is 18.0 Å². The molecule has 3 rings (SSSR count). The third kappa shape index (κ3) is 2.71. The number of likely N-dealkylation sites (tertiary alicyclic amines) is 1. The highest BCUT2D eigenvalue weighted by atomic mass is 35.5. The molecule has 0 saturated carbocycles. The van der Waals surface area contributed by atoms with Crippen LogP contribution < -0.4 is 0 Å². The summed E-state index contributed by atoms with van der Waals surface area (Å²) in [5.41, 5.74) is 0. The van der Waals surface area contributed by atoms with Crippen molar-refractivity contribution in [2.45, 2.75) is 32.2 Å². The van der Waals surface area contributed by atoms with Crippen LogP contribution in [0.5, 0.6) is 0 Å². The Balaban J connectivity index is 1.79. The molecule has 1 aromatic heterocycles. The van der Waals surface area contributed by atoms with Gasteiger partial charge in [-0.25, -0.2) is 0 Å². The summed E-state index contributed by atoms with van der Waals surface area (Å²) in [5.74, 6) is 0. The van der Waals surface area contributed by atoms with Gasteiger partial charge in [-0.2, -0.15) is 0 Å². The Morgan fingerprint density at radius 1 is 1.11 bits per heavy atom. The lowest BCUT2D eigenvalue weighted by Gasteiger charge is -2.18. The number of hydrogen-bond acceptors (Lipinski definition) is 2. The summed E-state index contributed by atoms with van der Waals surface area (Å²) >= 11 is 8.12. The first-order valence-corrected chi connectivity index (χ1v) is 7.92. The average molecular weight is 280 g/mol. The highest BCUT2D eigenvalue weighted by molar-refractivity contribution is 7.19. The van der Waals surface area contributed by atoms with Crippen LogP contribution in [0.3, 0.4) is 0 Å². The molecule has 2 heterocycles. The maximum atomic E-state index is 6.23. The third-order valence-electron chi connectivity index (χ3n) is 3.64. The second-order valence-corrected chi connectivity index (χ2v) is 6.63. The monoisotopic (exact) mass is 279 g/mol. The van der Waals surface area contributed by atoms with Crippen LogP contribution in [0.4, 0.5) is 0 Å². The number of fused-ring (bicyclic) bond motifs is 1. The van der Waals surface area contributed by atoms with E-state index >= 15 is 0 Å². The number of thiophene rings is 1. The molecule has 0 atom stereocenters. The van der Waals surface area contributed by atoms with Crippen molar-refractivity contribution in [3.63, 3.8) is 0 Å². The van der Waals surface area contributed by atoms with Crippen molar-refractivity contribution in [1.82, 2.24) is 4.90 Å². The van der Waals surface area contributed by atoms with Gasteiger partial charge >= 0.3 is 0 Å². The Labute approximate surface area is 117 Å². The van der Waals surface area contributed by atoms with Crippen LogP contribution in [0.2, 0.25) is 5.02 Å². The third-order valence-corrected chi connectivity index (χ3v) is 5.05. The molecular weight excluding hydrogens is 262 g/mol. The number of benzene rings is 1. The zero-order valence-electron chi connectivity index (χ0n) is 10.5. The van der Waals surface area contributed by atoms with Crippen LogP contribution in [0.25, 0.3) is 10.1 Å². The van der Waals surface area contributed by atoms with Crippen molar-refractivity contribution in [2.75, 3.05) is 13.1 Å². The molecule has 0 N–H and O–H groups in total. The van der Waals surface area contributed by atoms with Crippen LogP contribution in [-0.2, 0) is 6.54 Å². The van der Waals surface area contributed by atoms with Gasteiger partial charge in [-0.05, 0) is 44.1 Å². The zero-order chi connectivity index (χ0) is 12.4. The van der Waals surface area contributed by atoms with E-state index < -0.39 is 0 Å². The molecule has 1 aromatic carbocycles. The largest absolute Gasteiger partial charge is 0.298 e. The van der Waals surface area contributed by atoms with Gasteiger partial charge in [0, 0.05) is 26.5 Å².